The summed E-state index contributed by atoms with van der Waals surface area (Å²) in [6.07, 6.45) is 1.14. The Bertz CT molecular complexity index is 655. The van der Waals surface area contributed by atoms with E-state index in [1.165, 1.54) is 24.3 Å². The number of phenolic OH excluding ortho intramolecular Hbond substituents is 1. The highest BCUT2D eigenvalue weighted by Gasteiger charge is 2.08. The average Bonchev–Trinajstić information content (AvgIpc) is 2.47. The number of para-hydroxylation sites is 2. The number of carboxylic acid groups (broad SMARTS) is 1. The van der Waals surface area contributed by atoms with Crippen LogP contribution in [0.1, 0.15) is 10.4 Å². The second-order valence-corrected chi connectivity index (χ2v) is 4.04. The fourth-order valence-corrected chi connectivity index (χ4v) is 1.50. The molecule has 0 atom stereocenters. The van der Waals surface area contributed by atoms with Crippen molar-refractivity contribution in [2.75, 3.05) is 11.9 Å². The van der Waals surface area contributed by atoms with Gasteiger partial charge in [0.1, 0.15) is 5.82 Å². The van der Waals surface area contributed by atoms with E-state index < -0.39 is 11.9 Å². The number of amides is 1. The first-order valence-electron chi connectivity index (χ1n) is 5.96. The Labute approximate surface area is 119 Å². The maximum Gasteiger partial charge on any atom is 0.337 e. The van der Waals surface area contributed by atoms with Gasteiger partial charge in [0.05, 0.1) is 5.56 Å². The third kappa shape index (κ3) is 3.93. The zero-order valence-electron chi connectivity index (χ0n) is 10.8. The first-order chi connectivity index (χ1) is 10.1. The van der Waals surface area contributed by atoms with Crippen LogP contribution in [0.4, 0.5) is 5.82 Å². The predicted octanol–water partition coefficient (Wildman–Crippen LogP) is 1.50. The molecule has 0 saturated carbocycles. The Morgan fingerprint density at radius 1 is 1.19 bits per heavy atom. The van der Waals surface area contributed by atoms with Crippen molar-refractivity contribution in [3.8, 4) is 11.5 Å². The lowest BCUT2D eigenvalue weighted by molar-refractivity contribution is -0.118. The first-order valence-corrected chi connectivity index (χ1v) is 5.96. The number of aromatic hydroxyl groups is 1. The van der Waals surface area contributed by atoms with Crippen LogP contribution in [-0.2, 0) is 4.79 Å². The highest BCUT2D eigenvalue weighted by Crippen LogP contribution is 2.24. The Morgan fingerprint density at radius 3 is 2.57 bits per heavy atom. The molecule has 1 aromatic carbocycles. The molecule has 2 rings (SSSR count). The summed E-state index contributed by atoms with van der Waals surface area (Å²) in [5.74, 6) is -1.22. The van der Waals surface area contributed by atoms with Crippen LogP contribution in [0, 0.1) is 0 Å². The molecule has 7 heteroatoms. The van der Waals surface area contributed by atoms with E-state index in [0.29, 0.717) is 0 Å². The number of nitrogens with zero attached hydrogens (tertiary/aromatic N) is 1. The van der Waals surface area contributed by atoms with Gasteiger partial charge in [0.15, 0.2) is 18.1 Å². The molecule has 21 heavy (non-hydrogen) atoms. The van der Waals surface area contributed by atoms with Crippen molar-refractivity contribution < 1.29 is 24.5 Å². The lowest BCUT2D eigenvalue weighted by Gasteiger charge is -2.08. The molecule has 0 aliphatic heterocycles. The summed E-state index contributed by atoms with van der Waals surface area (Å²) in [6, 6.07) is 8.98. The molecule has 0 fully saturated rings. The van der Waals surface area contributed by atoms with Crippen LogP contribution < -0.4 is 10.1 Å². The molecule has 0 aliphatic carbocycles. The van der Waals surface area contributed by atoms with E-state index in [1.54, 1.807) is 12.1 Å². The summed E-state index contributed by atoms with van der Waals surface area (Å²) in [6.45, 7) is -0.306. The lowest BCUT2D eigenvalue weighted by atomic mass is 10.3. The Hall–Kier alpha value is -3.09. The Morgan fingerprint density at radius 2 is 1.95 bits per heavy atom. The van der Waals surface area contributed by atoms with Gasteiger partial charge in [-0.15, -0.1) is 0 Å². The van der Waals surface area contributed by atoms with E-state index in [4.69, 9.17) is 9.84 Å². The maximum atomic E-state index is 11.6. The van der Waals surface area contributed by atoms with Crippen molar-refractivity contribution in [1.29, 1.82) is 0 Å². The standard InChI is InChI=1S/C14H12N2O5/c17-10-3-1-2-4-11(10)21-8-13(18)16-12-6-5-9(7-15-12)14(19)20/h1-7,17H,8H2,(H,19,20)(H,15,16,18). The fraction of sp³-hybridized carbons (Fsp3) is 0.0714. The Kier molecular flexibility index (Phi) is 4.35. The van der Waals surface area contributed by atoms with Gasteiger partial charge in [0.2, 0.25) is 0 Å². The minimum Gasteiger partial charge on any atom is -0.504 e. The third-order valence-electron chi connectivity index (χ3n) is 2.50. The van der Waals surface area contributed by atoms with Crippen molar-refractivity contribution >= 4 is 17.7 Å². The van der Waals surface area contributed by atoms with Crippen LogP contribution in [0.5, 0.6) is 11.5 Å². The van der Waals surface area contributed by atoms with Crippen molar-refractivity contribution in [3.63, 3.8) is 0 Å². The number of hydrogen-bond donors (Lipinski definition) is 3. The van der Waals surface area contributed by atoms with E-state index in [1.807, 2.05) is 0 Å². The van der Waals surface area contributed by atoms with Gasteiger partial charge in [-0.25, -0.2) is 9.78 Å². The highest BCUT2D eigenvalue weighted by molar-refractivity contribution is 5.92. The van der Waals surface area contributed by atoms with Gasteiger partial charge >= 0.3 is 5.97 Å². The number of carbonyl (C=O) groups is 2. The monoisotopic (exact) mass is 288 g/mol. The molecule has 2 aromatic rings. The van der Waals surface area contributed by atoms with Crippen LogP contribution in [0.3, 0.4) is 0 Å². The molecule has 108 valence electrons. The summed E-state index contributed by atoms with van der Waals surface area (Å²) in [5.41, 5.74) is 0.0263. The van der Waals surface area contributed by atoms with Gasteiger partial charge in [-0.05, 0) is 24.3 Å². The largest absolute Gasteiger partial charge is 0.504 e. The number of benzene rings is 1. The summed E-state index contributed by atoms with van der Waals surface area (Å²) in [4.78, 5) is 26.1. The highest BCUT2D eigenvalue weighted by atomic mass is 16.5. The molecule has 0 bridgehead atoms. The SMILES string of the molecule is O=C(COc1ccccc1O)Nc1ccc(C(=O)O)cn1. The minimum atomic E-state index is -1.09. The van der Waals surface area contributed by atoms with E-state index in [2.05, 4.69) is 10.3 Å². The van der Waals surface area contributed by atoms with Crippen molar-refractivity contribution in [3.05, 3.63) is 48.2 Å². The van der Waals surface area contributed by atoms with Crippen LogP contribution in [0.15, 0.2) is 42.6 Å². The molecular weight excluding hydrogens is 276 g/mol. The fourth-order valence-electron chi connectivity index (χ4n) is 1.50. The quantitative estimate of drug-likeness (QED) is 0.769. The van der Waals surface area contributed by atoms with E-state index in [-0.39, 0.29) is 29.5 Å². The van der Waals surface area contributed by atoms with Crippen LogP contribution >= 0.6 is 0 Å². The van der Waals surface area contributed by atoms with E-state index in [0.717, 1.165) is 6.20 Å². The molecular formula is C14H12N2O5. The van der Waals surface area contributed by atoms with Gasteiger partial charge in [-0.3, -0.25) is 4.79 Å². The summed E-state index contributed by atoms with van der Waals surface area (Å²) < 4.78 is 5.15. The Balaban J connectivity index is 1.90. The van der Waals surface area contributed by atoms with Crippen LogP contribution in [-0.4, -0.2) is 33.7 Å². The number of pyridine rings is 1. The van der Waals surface area contributed by atoms with Gasteiger partial charge in [-0.1, -0.05) is 12.1 Å². The number of carbonyl (C=O) groups excluding carboxylic acids is 1. The van der Waals surface area contributed by atoms with Gasteiger partial charge in [0, 0.05) is 6.20 Å². The minimum absolute atomic E-state index is 0.0263. The normalized spacial score (nSPS) is 9.90. The van der Waals surface area contributed by atoms with Gasteiger partial charge in [-0.2, -0.15) is 0 Å². The van der Waals surface area contributed by atoms with Crippen LogP contribution in [0.25, 0.3) is 0 Å². The predicted molar refractivity (Wildman–Crippen MR) is 73.4 cm³/mol. The molecule has 0 aliphatic rings. The first kappa shape index (κ1) is 14.3. The maximum absolute atomic E-state index is 11.6. The number of aromatic carboxylic acids is 1. The number of phenols is 1. The summed E-state index contributed by atoms with van der Waals surface area (Å²) in [7, 11) is 0. The number of hydrogen-bond acceptors (Lipinski definition) is 5. The third-order valence-corrected chi connectivity index (χ3v) is 2.50. The second-order valence-electron chi connectivity index (χ2n) is 4.04. The molecule has 3 N–H and O–H groups in total. The van der Waals surface area contributed by atoms with Gasteiger partial charge < -0.3 is 20.3 Å². The summed E-state index contributed by atoms with van der Waals surface area (Å²) >= 11 is 0. The lowest BCUT2D eigenvalue weighted by Crippen LogP contribution is -2.20. The van der Waals surface area contributed by atoms with E-state index >= 15 is 0 Å². The number of nitrogens with one attached hydrogen (secondary N) is 1. The topological polar surface area (TPSA) is 109 Å². The zero-order valence-corrected chi connectivity index (χ0v) is 10.8. The molecule has 1 heterocycles. The molecule has 0 radical (unpaired) electrons. The number of carboxylic acids is 1. The molecule has 0 spiro atoms. The molecule has 7 nitrogen and oxygen atoms in total. The van der Waals surface area contributed by atoms with Crippen molar-refractivity contribution in [2.24, 2.45) is 0 Å². The molecule has 0 unspecified atom stereocenters. The van der Waals surface area contributed by atoms with Crippen LogP contribution in [0.2, 0.25) is 0 Å². The van der Waals surface area contributed by atoms with Crippen molar-refractivity contribution in [2.45, 2.75) is 0 Å². The number of ether oxygens (including phenoxy) is 1. The smallest absolute Gasteiger partial charge is 0.337 e. The zero-order chi connectivity index (χ0) is 15.2. The number of anilines is 1. The average molecular weight is 288 g/mol. The number of rotatable bonds is 5. The number of aromatic nitrogens is 1. The van der Waals surface area contributed by atoms with E-state index in [9.17, 15) is 14.7 Å². The molecule has 1 aromatic heterocycles. The summed E-state index contributed by atoms with van der Waals surface area (Å²) in [5, 5.41) is 20.6. The second kappa shape index (κ2) is 6.38. The molecule has 1 amide bonds. The van der Waals surface area contributed by atoms with Crippen molar-refractivity contribution in [1.82, 2.24) is 4.98 Å². The molecule has 0 saturated heterocycles. The van der Waals surface area contributed by atoms with Gasteiger partial charge in [0.25, 0.3) is 5.91 Å².